The van der Waals surface area contributed by atoms with Crippen LogP contribution in [0, 0.1) is 18.8 Å². The summed E-state index contributed by atoms with van der Waals surface area (Å²) in [7, 11) is 0. The van der Waals surface area contributed by atoms with Crippen LogP contribution in [0.1, 0.15) is 18.1 Å². The third-order valence-corrected chi connectivity index (χ3v) is 4.78. The van der Waals surface area contributed by atoms with E-state index >= 15 is 0 Å². The molecule has 0 saturated carbocycles. The quantitative estimate of drug-likeness (QED) is 0.338. The van der Waals surface area contributed by atoms with E-state index < -0.39 is 11.7 Å². The maximum atomic E-state index is 11.3. The van der Waals surface area contributed by atoms with Crippen molar-refractivity contribution in [3.63, 3.8) is 0 Å². The number of hydrogen-bond acceptors (Lipinski definition) is 7. The highest BCUT2D eigenvalue weighted by atomic mass is 16.5. The summed E-state index contributed by atoms with van der Waals surface area (Å²) in [6.07, 6.45) is 3.17. The zero-order valence-corrected chi connectivity index (χ0v) is 18.6. The molecule has 168 valence electrons. The van der Waals surface area contributed by atoms with Crippen LogP contribution in [0.4, 0.5) is 11.5 Å². The Morgan fingerprint density at radius 1 is 1.03 bits per heavy atom. The second kappa shape index (κ2) is 10.2. The maximum absolute atomic E-state index is 11.3. The normalized spacial score (nSPS) is 10.2. The summed E-state index contributed by atoms with van der Waals surface area (Å²) in [6, 6.07) is 17.0. The smallest absolute Gasteiger partial charge is 0.287 e. The Hall–Kier alpha value is -4.77. The molecule has 0 radical (unpaired) electrons. The summed E-state index contributed by atoms with van der Waals surface area (Å²) in [5, 5.41) is 6.51. The van der Waals surface area contributed by atoms with E-state index in [9.17, 15) is 9.59 Å². The summed E-state index contributed by atoms with van der Waals surface area (Å²) in [6.45, 7) is 3.21. The zero-order chi connectivity index (χ0) is 23.9. The third kappa shape index (κ3) is 5.53. The van der Waals surface area contributed by atoms with E-state index in [-0.39, 0.29) is 6.54 Å². The molecule has 2 aromatic heterocycles. The van der Waals surface area contributed by atoms with Gasteiger partial charge in [-0.05, 0) is 43.3 Å². The van der Waals surface area contributed by atoms with Gasteiger partial charge in [-0.25, -0.2) is 15.0 Å². The average Bonchev–Trinajstić information content (AvgIpc) is 2.84. The Morgan fingerprint density at radius 3 is 2.62 bits per heavy atom. The number of ketones is 1. The molecule has 8 nitrogen and oxygen atoms in total. The van der Waals surface area contributed by atoms with Crippen molar-refractivity contribution in [3.8, 4) is 23.5 Å². The van der Waals surface area contributed by atoms with Crippen LogP contribution in [0.25, 0.3) is 10.9 Å². The van der Waals surface area contributed by atoms with Gasteiger partial charge in [0.15, 0.2) is 0 Å². The van der Waals surface area contributed by atoms with E-state index in [1.54, 1.807) is 6.20 Å². The molecule has 0 spiro atoms. The molecule has 0 unspecified atom stereocenters. The largest absolute Gasteiger partial charge is 0.439 e. The molecule has 2 aromatic carbocycles. The average molecular weight is 451 g/mol. The van der Waals surface area contributed by atoms with Gasteiger partial charge in [0.05, 0.1) is 23.9 Å². The topological polar surface area (TPSA) is 106 Å². The molecule has 0 aliphatic carbocycles. The van der Waals surface area contributed by atoms with Gasteiger partial charge in [0, 0.05) is 23.4 Å². The molecule has 0 aliphatic heterocycles. The standard InChI is InChI=1S/C26H21N5O3/c1-17-13-20(15-28-26(17)34-21-8-4-3-5-9-21)31-24-22-14-19(10-11-23(22)29-16-30-24)7-6-12-27-25(33)18(2)32/h3-5,8-11,13-16H,12H2,1-2H3,(H,27,33)(H,29,30,31). The van der Waals surface area contributed by atoms with Gasteiger partial charge in [0.1, 0.15) is 17.9 Å². The first-order valence-corrected chi connectivity index (χ1v) is 10.5. The Kier molecular flexibility index (Phi) is 6.75. The fourth-order valence-corrected chi connectivity index (χ4v) is 3.10. The van der Waals surface area contributed by atoms with Gasteiger partial charge in [-0.3, -0.25) is 9.59 Å². The van der Waals surface area contributed by atoms with Crippen LogP contribution >= 0.6 is 0 Å². The van der Waals surface area contributed by atoms with Crippen molar-refractivity contribution < 1.29 is 14.3 Å². The molecule has 0 fully saturated rings. The lowest BCUT2D eigenvalue weighted by molar-refractivity contribution is -0.136. The number of rotatable bonds is 6. The Bertz CT molecular complexity index is 1430. The van der Waals surface area contributed by atoms with Crippen molar-refractivity contribution >= 4 is 34.1 Å². The van der Waals surface area contributed by atoms with Gasteiger partial charge in [-0.2, -0.15) is 0 Å². The minimum absolute atomic E-state index is 0.0786. The Morgan fingerprint density at radius 2 is 1.85 bits per heavy atom. The molecular weight excluding hydrogens is 430 g/mol. The van der Waals surface area contributed by atoms with E-state index in [1.807, 2.05) is 61.5 Å². The predicted molar refractivity (Wildman–Crippen MR) is 129 cm³/mol. The molecule has 0 bridgehead atoms. The minimum Gasteiger partial charge on any atom is -0.439 e. The number of amides is 1. The fourth-order valence-electron chi connectivity index (χ4n) is 3.10. The molecule has 0 aliphatic rings. The number of carbonyl (C=O) groups excluding carboxylic acids is 2. The number of anilines is 2. The van der Waals surface area contributed by atoms with Gasteiger partial charge < -0.3 is 15.4 Å². The van der Waals surface area contributed by atoms with Gasteiger partial charge in [-0.1, -0.05) is 30.0 Å². The molecule has 1 amide bonds. The first kappa shape index (κ1) is 22.4. The number of carbonyl (C=O) groups is 2. The maximum Gasteiger partial charge on any atom is 0.287 e. The van der Waals surface area contributed by atoms with Crippen molar-refractivity contribution in [3.05, 3.63) is 78.2 Å². The fraction of sp³-hybridized carbons (Fsp3) is 0.115. The lowest BCUT2D eigenvalue weighted by Gasteiger charge is -2.11. The Labute approximate surface area is 196 Å². The molecule has 0 saturated heterocycles. The SMILES string of the molecule is CC(=O)C(=O)NCC#Cc1ccc2ncnc(Nc3cnc(Oc4ccccc4)c(C)c3)c2c1. The highest BCUT2D eigenvalue weighted by Gasteiger charge is 2.09. The number of nitrogens with one attached hydrogen (secondary N) is 2. The number of pyridine rings is 1. The van der Waals surface area contributed by atoms with Gasteiger partial charge in [0.25, 0.3) is 5.91 Å². The molecule has 34 heavy (non-hydrogen) atoms. The molecule has 2 N–H and O–H groups in total. The zero-order valence-electron chi connectivity index (χ0n) is 18.6. The second-order valence-electron chi connectivity index (χ2n) is 7.38. The van der Waals surface area contributed by atoms with Crippen LogP contribution in [0.15, 0.2) is 67.1 Å². The van der Waals surface area contributed by atoms with E-state index in [0.717, 1.165) is 33.5 Å². The minimum atomic E-state index is -0.656. The van der Waals surface area contributed by atoms with Crippen LogP contribution in [0.5, 0.6) is 11.6 Å². The number of para-hydroxylation sites is 1. The van der Waals surface area contributed by atoms with Gasteiger partial charge in [0.2, 0.25) is 11.7 Å². The lowest BCUT2D eigenvalue weighted by atomic mass is 10.1. The number of Topliss-reactive ketones (excluding diaryl/α,β-unsaturated/α-hetero) is 1. The summed E-state index contributed by atoms with van der Waals surface area (Å²) in [4.78, 5) is 35.4. The second-order valence-corrected chi connectivity index (χ2v) is 7.38. The third-order valence-electron chi connectivity index (χ3n) is 4.78. The number of ether oxygens (including phenoxy) is 1. The number of nitrogens with zero attached hydrogens (tertiary/aromatic N) is 3. The molecule has 4 aromatic rings. The van der Waals surface area contributed by atoms with E-state index in [0.29, 0.717) is 11.7 Å². The van der Waals surface area contributed by atoms with Crippen LogP contribution in [0.2, 0.25) is 0 Å². The first-order valence-electron chi connectivity index (χ1n) is 10.5. The molecule has 8 heteroatoms. The number of hydrogen-bond donors (Lipinski definition) is 2. The van der Waals surface area contributed by atoms with Crippen LogP contribution < -0.4 is 15.4 Å². The monoisotopic (exact) mass is 451 g/mol. The van der Waals surface area contributed by atoms with Crippen molar-refractivity contribution in [2.24, 2.45) is 0 Å². The van der Waals surface area contributed by atoms with Crippen molar-refractivity contribution in [1.29, 1.82) is 0 Å². The predicted octanol–water partition coefficient (Wildman–Crippen LogP) is 3.93. The molecular formula is C26H21N5O3. The molecule has 0 atom stereocenters. The van der Waals surface area contributed by atoms with Crippen molar-refractivity contribution in [1.82, 2.24) is 20.3 Å². The highest BCUT2D eigenvalue weighted by Crippen LogP contribution is 2.27. The summed E-state index contributed by atoms with van der Waals surface area (Å²) in [5.74, 6) is 6.45. The number of aromatic nitrogens is 3. The number of aryl methyl sites for hydroxylation is 1. The van der Waals surface area contributed by atoms with Crippen LogP contribution in [-0.4, -0.2) is 33.2 Å². The van der Waals surface area contributed by atoms with E-state index in [1.165, 1.54) is 13.3 Å². The van der Waals surface area contributed by atoms with Gasteiger partial charge >= 0.3 is 0 Å². The summed E-state index contributed by atoms with van der Waals surface area (Å²) < 4.78 is 5.85. The summed E-state index contributed by atoms with van der Waals surface area (Å²) in [5.41, 5.74) is 3.10. The van der Waals surface area contributed by atoms with E-state index in [2.05, 4.69) is 37.4 Å². The highest BCUT2D eigenvalue weighted by molar-refractivity contribution is 6.35. The van der Waals surface area contributed by atoms with Crippen molar-refractivity contribution in [2.75, 3.05) is 11.9 Å². The number of fused-ring (bicyclic) bond motifs is 1. The van der Waals surface area contributed by atoms with Crippen LogP contribution in [-0.2, 0) is 9.59 Å². The van der Waals surface area contributed by atoms with Gasteiger partial charge in [-0.15, -0.1) is 0 Å². The molecule has 2 heterocycles. The number of benzene rings is 2. The Balaban J connectivity index is 1.53. The first-order chi connectivity index (χ1) is 16.5. The lowest BCUT2D eigenvalue weighted by Crippen LogP contribution is -2.29. The van der Waals surface area contributed by atoms with E-state index in [4.69, 9.17) is 4.74 Å². The summed E-state index contributed by atoms with van der Waals surface area (Å²) >= 11 is 0. The van der Waals surface area contributed by atoms with Crippen LogP contribution in [0.3, 0.4) is 0 Å². The van der Waals surface area contributed by atoms with Crippen molar-refractivity contribution in [2.45, 2.75) is 13.8 Å². The molecule has 4 rings (SSSR count).